The average molecular weight is 386 g/mol. The summed E-state index contributed by atoms with van der Waals surface area (Å²) in [5.74, 6) is 0.102. The third kappa shape index (κ3) is 4.45. The normalized spacial score (nSPS) is 10.9. The number of carbonyl (C=O) groups is 1. The highest BCUT2D eigenvalue weighted by Crippen LogP contribution is 2.13. The summed E-state index contributed by atoms with van der Waals surface area (Å²) in [5, 5.41) is 2.99. The number of hydrogen-bond acceptors (Lipinski definition) is 2. The van der Waals surface area contributed by atoms with E-state index < -0.39 is 0 Å². The van der Waals surface area contributed by atoms with Crippen molar-refractivity contribution in [3.8, 4) is 0 Å². The monoisotopic (exact) mass is 385 g/mol. The van der Waals surface area contributed by atoms with Crippen LogP contribution in [0, 0.1) is 0 Å². The molecule has 0 bridgehead atoms. The molecular weight excluding hydrogens is 366 g/mol. The van der Waals surface area contributed by atoms with E-state index in [2.05, 4.69) is 42.9 Å². The molecule has 0 aliphatic rings. The minimum absolute atomic E-state index is 0.102. The topological polar surface area (TPSA) is 46.9 Å². The predicted octanol–water partition coefficient (Wildman–Crippen LogP) is 3.94. The van der Waals surface area contributed by atoms with Crippen molar-refractivity contribution in [1.82, 2.24) is 14.9 Å². The second-order valence-corrected chi connectivity index (χ2v) is 6.68. The van der Waals surface area contributed by atoms with Gasteiger partial charge < -0.3 is 9.88 Å². The molecule has 24 heavy (non-hydrogen) atoms. The highest BCUT2D eigenvalue weighted by Gasteiger charge is 2.04. The molecule has 0 unspecified atom stereocenters. The number of imidazole rings is 1. The highest BCUT2D eigenvalue weighted by atomic mass is 79.9. The lowest BCUT2D eigenvalue weighted by atomic mass is 10.1. The number of aryl methyl sites for hydroxylation is 2. The van der Waals surface area contributed by atoms with E-state index >= 15 is 0 Å². The standard InChI is InChI=1S/C19H20BrN3O/c20-16-6-3-5-15(13-16)9-10-19(24)21-11-4-12-23-14-22-17-7-1-2-8-18(17)23/h1-3,5-8,13-14H,4,9-12H2,(H,21,24). The Morgan fingerprint density at radius 3 is 2.92 bits per heavy atom. The Bertz CT molecular complexity index is 828. The Morgan fingerprint density at radius 1 is 1.17 bits per heavy atom. The number of amides is 1. The average Bonchev–Trinajstić information content (AvgIpc) is 3.00. The van der Waals surface area contributed by atoms with Crippen LogP contribution in [0.25, 0.3) is 11.0 Å². The quantitative estimate of drug-likeness (QED) is 0.626. The van der Waals surface area contributed by atoms with Gasteiger partial charge in [0, 0.05) is 24.0 Å². The summed E-state index contributed by atoms with van der Waals surface area (Å²) < 4.78 is 3.18. The second kappa shape index (κ2) is 8.11. The molecule has 0 saturated carbocycles. The number of benzene rings is 2. The van der Waals surface area contributed by atoms with Crippen molar-refractivity contribution in [3.05, 3.63) is 64.9 Å². The Labute approximate surface area is 150 Å². The number of nitrogens with one attached hydrogen (secondary N) is 1. The van der Waals surface area contributed by atoms with Crippen molar-refractivity contribution in [2.75, 3.05) is 6.54 Å². The van der Waals surface area contributed by atoms with Gasteiger partial charge in [-0.2, -0.15) is 0 Å². The number of para-hydroxylation sites is 2. The fourth-order valence-electron chi connectivity index (χ4n) is 2.70. The first-order valence-corrected chi connectivity index (χ1v) is 8.93. The van der Waals surface area contributed by atoms with E-state index in [0.29, 0.717) is 13.0 Å². The number of rotatable bonds is 7. The molecule has 1 heterocycles. The first kappa shape index (κ1) is 16.7. The maximum Gasteiger partial charge on any atom is 0.220 e. The van der Waals surface area contributed by atoms with Crippen LogP contribution in [0.5, 0.6) is 0 Å². The van der Waals surface area contributed by atoms with Gasteiger partial charge in [-0.25, -0.2) is 4.98 Å². The molecule has 1 N–H and O–H groups in total. The van der Waals surface area contributed by atoms with E-state index in [-0.39, 0.29) is 5.91 Å². The first-order chi connectivity index (χ1) is 11.7. The van der Waals surface area contributed by atoms with E-state index in [9.17, 15) is 4.79 Å². The lowest BCUT2D eigenvalue weighted by Gasteiger charge is -2.07. The summed E-state index contributed by atoms with van der Waals surface area (Å²) >= 11 is 3.45. The number of nitrogens with zero attached hydrogens (tertiary/aromatic N) is 2. The van der Waals surface area contributed by atoms with Crippen LogP contribution in [0.15, 0.2) is 59.3 Å². The molecule has 1 amide bonds. The molecular formula is C19H20BrN3O. The van der Waals surface area contributed by atoms with Crippen molar-refractivity contribution < 1.29 is 4.79 Å². The molecule has 5 heteroatoms. The van der Waals surface area contributed by atoms with Crippen molar-refractivity contribution in [3.63, 3.8) is 0 Å². The summed E-state index contributed by atoms with van der Waals surface area (Å²) in [6.07, 6.45) is 4.03. The van der Waals surface area contributed by atoms with Crippen LogP contribution < -0.4 is 5.32 Å². The largest absolute Gasteiger partial charge is 0.356 e. The van der Waals surface area contributed by atoms with Gasteiger partial charge >= 0.3 is 0 Å². The summed E-state index contributed by atoms with van der Waals surface area (Å²) in [4.78, 5) is 16.3. The van der Waals surface area contributed by atoms with Gasteiger partial charge in [-0.05, 0) is 42.7 Å². The Hall–Kier alpha value is -2.14. The van der Waals surface area contributed by atoms with Crippen LogP contribution in [0.1, 0.15) is 18.4 Å². The summed E-state index contributed by atoms with van der Waals surface area (Å²) in [6.45, 7) is 1.54. The van der Waals surface area contributed by atoms with Gasteiger partial charge in [0.05, 0.1) is 17.4 Å². The van der Waals surface area contributed by atoms with Crippen LogP contribution in [-0.2, 0) is 17.8 Å². The number of hydrogen-bond donors (Lipinski definition) is 1. The molecule has 0 spiro atoms. The van der Waals surface area contributed by atoms with Gasteiger partial charge in [-0.15, -0.1) is 0 Å². The molecule has 0 atom stereocenters. The van der Waals surface area contributed by atoms with Crippen LogP contribution in [0.3, 0.4) is 0 Å². The van der Waals surface area contributed by atoms with Crippen molar-refractivity contribution in [2.24, 2.45) is 0 Å². The van der Waals surface area contributed by atoms with Crippen LogP contribution in [-0.4, -0.2) is 22.0 Å². The molecule has 0 aliphatic carbocycles. The van der Waals surface area contributed by atoms with E-state index in [1.165, 1.54) is 5.56 Å². The molecule has 0 saturated heterocycles. The van der Waals surface area contributed by atoms with Gasteiger partial charge in [-0.1, -0.05) is 40.2 Å². The van der Waals surface area contributed by atoms with E-state index in [1.54, 1.807) is 0 Å². The predicted molar refractivity (Wildman–Crippen MR) is 99.8 cm³/mol. The molecule has 3 rings (SSSR count). The fourth-order valence-corrected chi connectivity index (χ4v) is 3.15. The van der Waals surface area contributed by atoms with Crippen molar-refractivity contribution in [2.45, 2.75) is 25.8 Å². The molecule has 3 aromatic rings. The number of carbonyl (C=O) groups excluding carboxylic acids is 1. The minimum atomic E-state index is 0.102. The summed E-state index contributed by atoms with van der Waals surface area (Å²) in [5.41, 5.74) is 3.32. The number of halogens is 1. The third-order valence-corrected chi connectivity index (χ3v) is 4.45. The van der Waals surface area contributed by atoms with Crippen molar-refractivity contribution in [1.29, 1.82) is 0 Å². The molecule has 2 aromatic carbocycles. The third-order valence-electron chi connectivity index (χ3n) is 3.96. The number of aromatic nitrogens is 2. The zero-order valence-electron chi connectivity index (χ0n) is 13.4. The van der Waals surface area contributed by atoms with Gasteiger partial charge in [0.15, 0.2) is 0 Å². The SMILES string of the molecule is O=C(CCc1cccc(Br)c1)NCCCn1cnc2ccccc21. The molecule has 4 nitrogen and oxygen atoms in total. The Balaban J connectivity index is 1.39. The maximum atomic E-state index is 11.9. The smallest absolute Gasteiger partial charge is 0.220 e. The van der Waals surface area contributed by atoms with Crippen LogP contribution >= 0.6 is 15.9 Å². The molecule has 124 valence electrons. The van der Waals surface area contributed by atoms with E-state index in [1.807, 2.05) is 42.7 Å². The highest BCUT2D eigenvalue weighted by molar-refractivity contribution is 9.10. The zero-order valence-corrected chi connectivity index (χ0v) is 15.0. The summed E-state index contributed by atoms with van der Waals surface area (Å²) in [6, 6.07) is 16.2. The van der Waals surface area contributed by atoms with Crippen molar-refractivity contribution >= 4 is 32.9 Å². The fraction of sp³-hybridized carbons (Fsp3) is 0.263. The van der Waals surface area contributed by atoms with Gasteiger partial charge in [0.2, 0.25) is 5.91 Å². The van der Waals surface area contributed by atoms with Gasteiger partial charge in [0.1, 0.15) is 0 Å². The first-order valence-electron chi connectivity index (χ1n) is 8.13. The lowest BCUT2D eigenvalue weighted by Crippen LogP contribution is -2.25. The van der Waals surface area contributed by atoms with Gasteiger partial charge in [-0.3, -0.25) is 4.79 Å². The zero-order chi connectivity index (χ0) is 16.8. The molecule has 0 aliphatic heterocycles. The van der Waals surface area contributed by atoms with Crippen LogP contribution in [0.4, 0.5) is 0 Å². The maximum absolute atomic E-state index is 11.9. The van der Waals surface area contributed by atoms with E-state index in [4.69, 9.17) is 0 Å². The molecule has 0 fully saturated rings. The second-order valence-electron chi connectivity index (χ2n) is 5.76. The minimum Gasteiger partial charge on any atom is -0.356 e. The van der Waals surface area contributed by atoms with E-state index in [0.717, 1.165) is 34.9 Å². The number of fused-ring (bicyclic) bond motifs is 1. The van der Waals surface area contributed by atoms with Gasteiger partial charge in [0.25, 0.3) is 0 Å². The Kier molecular flexibility index (Phi) is 5.64. The lowest BCUT2D eigenvalue weighted by molar-refractivity contribution is -0.121. The van der Waals surface area contributed by atoms with Crippen LogP contribution in [0.2, 0.25) is 0 Å². The molecule has 0 radical (unpaired) electrons. The summed E-state index contributed by atoms with van der Waals surface area (Å²) in [7, 11) is 0. The molecule has 1 aromatic heterocycles. The Morgan fingerprint density at radius 2 is 2.04 bits per heavy atom.